The van der Waals surface area contributed by atoms with Crippen molar-refractivity contribution in [2.45, 2.75) is 13.8 Å². The second-order valence-electron chi connectivity index (χ2n) is 4.83. The van der Waals surface area contributed by atoms with Crippen molar-refractivity contribution in [2.75, 3.05) is 38.1 Å². The van der Waals surface area contributed by atoms with Gasteiger partial charge in [0.25, 0.3) is 0 Å². The van der Waals surface area contributed by atoms with Gasteiger partial charge in [-0.15, -0.1) is 0 Å². The molecule has 0 spiro atoms. The zero-order chi connectivity index (χ0) is 13.1. The molecule has 0 radical (unpaired) electrons. The molecule has 0 bridgehead atoms. The van der Waals surface area contributed by atoms with Crippen LogP contribution in [-0.2, 0) is 4.79 Å². The van der Waals surface area contributed by atoms with Gasteiger partial charge < -0.3 is 14.5 Å². The number of aryl methyl sites for hydroxylation is 1. The van der Waals surface area contributed by atoms with Gasteiger partial charge in [0.05, 0.1) is 0 Å². The Morgan fingerprint density at radius 2 is 1.89 bits per heavy atom. The maximum atomic E-state index is 10.9. The summed E-state index contributed by atoms with van der Waals surface area (Å²) in [4.78, 5) is 15.6. The number of likely N-dealkylation sites (N-methyl/N-ethyl adjacent to an activating group) is 1. The molecular formula is C14H20N2O2. The predicted octanol–water partition coefficient (Wildman–Crippen LogP) is 1.67. The average Bonchev–Trinajstić information content (AvgIpc) is 2.32. The van der Waals surface area contributed by atoms with Crippen molar-refractivity contribution < 1.29 is 9.53 Å². The minimum absolute atomic E-state index is 0.273. The summed E-state index contributed by atoms with van der Waals surface area (Å²) in [5, 5.41) is 0. The first-order chi connectivity index (χ1) is 8.56. The number of ether oxygens (including phenoxy) is 1. The van der Waals surface area contributed by atoms with Crippen LogP contribution >= 0.6 is 0 Å². The van der Waals surface area contributed by atoms with Gasteiger partial charge in [-0.2, -0.15) is 0 Å². The number of hydrogen-bond donors (Lipinski definition) is 0. The van der Waals surface area contributed by atoms with Crippen molar-refractivity contribution in [3.63, 3.8) is 0 Å². The van der Waals surface area contributed by atoms with Crippen molar-refractivity contribution in [1.29, 1.82) is 0 Å². The first-order valence-electron chi connectivity index (χ1n) is 6.29. The number of carbonyl (C=O) groups excluding carboxylic acids is 1. The quantitative estimate of drug-likeness (QED) is 0.589. The predicted molar refractivity (Wildman–Crippen MR) is 72.2 cm³/mol. The van der Waals surface area contributed by atoms with Crippen LogP contribution in [-0.4, -0.2) is 44.1 Å². The van der Waals surface area contributed by atoms with Gasteiger partial charge in [-0.25, -0.2) is 0 Å². The molecule has 1 saturated heterocycles. The molecule has 1 fully saturated rings. The Morgan fingerprint density at radius 1 is 1.22 bits per heavy atom. The van der Waals surface area contributed by atoms with Gasteiger partial charge in [0.15, 0.2) is 0 Å². The standard InChI is InChI=1S/C14H20N2O2/c1-11-10-13(4-5-14(11)18-12(2)17)16-8-6-15(3)7-9-16/h4-5,10H,6-9H2,1-3H3. The summed E-state index contributed by atoms with van der Waals surface area (Å²) in [5.41, 5.74) is 2.21. The van der Waals surface area contributed by atoms with E-state index in [0.717, 1.165) is 31.7 Å². The van der Waals surface area contributed by atoms with Crippen molar-refractivity contribution in [1.82, 2.24) is 4.90 Å². The molecule has 0 aromatic heterocycles. The van der Waals surface area contributed by atoms with Crippen LogP contribution in [0.25, 0.3) is 0 Å². The molecule has 18 heavy (non-hydrogen) atoms. The van der Waals surface area contributed by atoms with E-state index in [1.165, 1.54) is 12.6 Å². The van der Waals surface area contributed by atoms with Gasteiger partial charge in [0, 0.05) is 38.8 Å². The number of nitrogens with zero attached hydrogens (tertiary/aromatic N) is 2. The Hall–Kier alpha value is -1.55. The number of hydrogen-bond acceptors (Lipinski definition) is 4. The Bertz CT molecular complexity index is 437. The summed E-state index contributed by atoms with van der Waals surface area (Å²) in [6.07, 6.45) is 0. The van der Waals surface area contributed by atoms with E-state index in [-0.39, 0.29) is 5.97 Å². The van der Waals surface area contributed by atoms with E-state index >= 15 is 0 Å². The van der Waals surface area contributed by atoms with Gasteiger partial charge in [0.2, 0.25) is 0 Å². The number of esters is 1. The van der Waals surface area contributed by atoms with Crippen LogP contribution in [0.2, 0.25) is 0 Å². The van der Waals surface area contributed by atoms with E-state index in [2.05, 4.69) is 22.9 Å². The molecule has 0 saturated carbocycles. The van der Waals surface area contributed by atoms with E-state index in [4.69, 9.17) is 4.74 Å². The molecule has 1 aromatic carbocycles. The summed E-state index contributed by atoms with van der Waals surface area (Å²) in [6.45, 7) is 7.66. The van der Waals surface area contributed by atoms with Gasteiger partial charge in [-0.1, -0.05) is 0 Å². The van der Waals surface area contributed by atoms with Crippen molar-refractivity contribution in [3.05, 3.63) is 23.8 Å². The third-order valence-corrected chi connectivity index (χ3v) is 3.28. The third kappa shape index (κ3) is 3.01. The lowest BCUT2D eigenvalue weighted by Gasteiger charge is -2.34. The number of benzene rings is 1. The van der Waals surface area contributed by atoms with Crippen LogP contribution in [0.4, 0.5) is 5.69 Å². The SMILES string of the molecule is CC(=O)Oc1ccc(N2CCN(C)CC2)cc1C. The zero-order valence-electron chi connectivity index (χ0n) is 11.3. The maximum absolute atomic E-state index is 10.9. The number of carbonyl (C=O) groups is 1. The minimum Gasteiger partial charge on any atom is -0.426 e. The fourth-order valence-corrected chi connectivity index (χ4v) is 2.16. The first kappa shape index (κ1) is 12.9. The Kier molecular flexibility index (Phi) is 3.87. The lowest BCUT2D eigenvalue weighted by Crippen LogP contribution is -2.44. The average molecular weight is 248 g/mol. The highest BCUT2D eigenvalue weighted by Crippen LogP contribution is 2.25. The highest BCUT2D eigenvalue weighted by Gasteiger charge is 2.15. The highest BCUT2D eigenvalue weighted by atomic mass is 16.5. The Morgan fingerprint density at radius 3 is 2.44 bits per heavy atom. The van der Waals surface area contributed by atoms with Crippen molar-refractivity contribution >= 4 is 11.7 Å². The van der Waals surface area contributed by atoms with Crippen LogP contribution in [0.15, 0.2) is 18.2 Å². The summed E-state index contributed by atoms with van der Waals surface area (Å²) < 4.78 is 5.14. The summed E-state index contributed by atoms with van der Waals surface area (Å²) in [7, 11) is 2.15. The smallest absolute Gasteiger partial charge is 0.308 e. The highest BCUT2D eigenvalue weighted by molar-refractivity contribution is 5.70. The Labute approximate surface area is 108 Å². The molecule has 2 rings (SSSR count). The molecule has 98 valence electrons. The van der Waals surface area contributed by atoms with Gasteiger partial charge in [-0.3, -0.25) is 4.79 Å². The van der Waals surface area contributed by atoms with E-state index in [0.29, 0.717) is 5.75 Å². The second-order valence-corrected chi connectivity index (χ2v) is 4.83. The maximum Gasteiger partial charge on any atom is 0.308 e. The number of piperazine rings is 1. The monoisotopic (exact) mass is 248 g/mol. The molecule has 0 unspecified atom stereocenters. The third-order valence-electron chi connectivity index (χ3n) is 3.28. The second kappa shape index (κ2) is 5.40. The van der Waals surface area contributed by atoms with Crippen LogP contribution in [0, 0.1) is 6.92 Å². The lowest BCUT2D eigenvalue weighted by molar-refractivity contribution is -0.131. The van der Waals surface area contributed by atoms with E-state index < -0.39 is 0 Å². The van der Waals surface area contributed by atoms with Crippen LogP contribution in [0.3, 0.4) is 0 Å². The summed E-state index contributed by atoms with van der Waals surface area (Å²) in [5.74, 6) is 0.380. The molecule has 4 heteroatoms. The Balaban J connectivity index is 2.11. The van der Waals surface area contributed by atoms with Crippen LogP contribution in [0.5, 0.6) is 5.75 Å². The normalized spacial score (nSPS) is 16.7. The summed E-state index contributed by atoms with van der Waals surface area (Å²) in [6, 6.07) is 5.99. The molecule has 4 nitrogen and oxygen atoms in total. The molecule has 1 aliphatic rings. The fraction of sp³-hybridized carbons (Fsp3) is 0.500. The summed E-state index contributed by atoms with van der Waals surface area (Å²) >= 11 is 0. The van der Waals surface area contributed by atoms with Gasteiger partial charge >= 0.3 is 5.97 Å². The van der Waals surface area contributed by atoms with Crippen LogP contribution < -0.4 is 9.64 Å². The van der Waals surface area contributed by atoms with E-state index in [1.807, 2.05) is 19.1 Å². The lowest BCUT2D eigenvalue weighted by atomic mass is 10.1. The molecule has 0 aliphatic carbocycles. The van der Waals surface area contributed by atoms with Crippen molar-refractivity contribution in [2.24, 2.45) is 0 Å². The largest absolute Gasteiger partial charge is 0.426 e. The number of anilines is 1. The van der Waals surface area contributed by atoms with Crippen molar-refractivity contribution in [3.8, 4) is 5.75 Å². The van der Waals surface area contributed by atoms with Gasteiger partial charge in [0.1, 0.15) is 5.75 Å². The minimum atomic E-state index is -0.273. The molecule has 1 aliphatic heterocycles. The topological polar surface area (TPSA) is 32.8 Å². The molecule has 0 N–H and O–H groups in total. The van der Waals surface area contributed by atoms with E-state index in [9.17, 15) is 4.79 Å². The molecule has 1 heterocycles. The van der Waals surface area contributed by atoms with Gasteiger partial charge in [-0.05, 0) is 37.7 Å². The molecule has 1 aromatic rings. The first-order valence-corrected chi connectivity index (χ1v) is 6.29. The fourth-order valence-electron chi connectivity index (χ4n) is 2.16. The number of rotatable bonds is 2. The molecule has 0 amide bonds. The molecule has 0 atom stereocenters. The molecular weight excluding hydrogens is 228 g/mol. The van der Waals surface area contributed by atoms with Crippen LogP contribution in [0.1, 0.15) is 12.5 Å². The van der Waals surface area contributed by atoms with E-state index in [1.54, 1.807) is 0 Å². The zero-order valence-corrected chi connectivity index (χ0v) is 11.3.